The number of thioether (sulfide) groups is 1. The fraction of sp³-hybridized carbons (Fsp3) is 0.429. The summed E-state index contributed by atoms with van der Waals surface area (Å²) < 4.78 is 45.4. The summed E-state index contributed by atoms with van der Waals surface area (Å²) >= 11 is 1.18. The molecule has 4 N–H and O–H groups in total. The summed E-state index contributed by atoms with van der Waals surface area (Å²) in [7, 11) is 3.61. The number of rotatable bonds is 9. The molecule has 186 valence electrons. The standard InChI is InChI=1S/C20H24F3N7O2S.CH4/c1-11(26-16-15(10-24)18(33-4)29-19(25)28-16)17(31)27-13-7-12(20(21,22)23)8-14(9-13)32-6-5-30(2)3;/h7-9,11H,5-6H2,1-4H3,(H,27,31)(H3,25,26,28,29);1H4/t11-;/m0./s1. The molecular formula is C21H28F3N7O2S. The Morgan fingerprint density at radius 2 is 2.00 bits per heavy atom. The van der Waals surface area contributed by atoms with Gasteiger partial charge in [-0.15, -0.1) is 11.8 Å². The number of aromatic nitrogens is 2. The number of nitriles is 1. The maximum Gasteiger partial charge on any atom is 0.416 e. The van der Waals surface area contributed by atoms with Crippen LogP contribution in [0.4, 0.5) is 30.6 Å². The summed E-state index contributed by atoms with van der Waals surface area (Å²) in [6.45, 7) is 2.14. The van der Waals surface area contributed by atoms with Gasteiger partial charge in [0.15, 0.2) is 5.82 Å². The first-order valence-electron chi connectivity index (χ1n) is 9.63. The van der Waals surface area contributed by atoms with Gasteiger partial charge in [-0.1, -0.05) is 7.43 Å². The van der Waals surface area contributed by atoms with Crippen LogP contribution in [0.1, 0.15) is 25.5 Å². The van der Waals surface area contributed by atoms with Crippen LogP contribution in [0.15, 0.2) is 23.2 Å². The Morgan fingerprint density at radius 3 is 2.56 bits per heavy atom. The van der Waals surface area contributed by atoms with Crippen molar-refractivity contribution in [2.75, 3.05) is 49.9 Å². The third-order valence-corrected chi connectivity index (χ3v) is 4.94. The molecule has 0 saturated heterocycles. The molecule has 0 spiro atoms. The Balaban J connectivity index is 0.00000578. The summed E-state index contributed by atoms with van der Waals surface area (Å²) in [6, 6.07) is 3.99. The first-order valence-corrected chi connectivity index (χ1v) is 10.9. The predicted octanol–water partition coefficient (Wildman–Crippen LogP) is 3.69. The number of benzene rings is 1. The highest BCUT2D eigenvalue weighted by Crippen LogP contribution is 2.34. The molecule has 2 rings (SSSR count). The van der Waals surface area contributed by atoms with Crippen molar-refractivity contribution < 1.29 is 22.7 Å². The van der Waals surface area contributed by atoms with Crippen LogP contribution in [-0.4, -0.2) is 60.3 Å². The fourth-order valence-electron chi connectivity index (χ4n) is 2.60. The van der Waals surface area contributed by atoms with Gasteiger partial charge in [0.05, 0.1) is 5.56 Å². The van der Waals surface area contributed by atoms with Gasteiger partial charge in [0.2, 0.25) is 11.9 Å². The molecular weight excluding hydrogens is 471 g/mol. The first kappa shape index (κ1) is 28.8. The number of halogens is 3. The summed E-state index contributed by atoms with van der Waals surface area (Å²) in [6.07, 6.45) is -2.92. The zero-order valence-corrected chi connectivity index (χ0v) is 19.3. The lowest BCUT2D eigenvalue weighted by Gasteiger charge is -2.18. The van der Waals surface area contributed by atoms with Gasteiger partial charge in [0.1, 0.15) is 35.1 Å². The van der Waals surface area contributed by atoms with Gasteiger partial charge < -0.3 is 26.0 Å². The number of hydrogen-bond donors (Lipinski definition) is 3. The number of nitrogens with one attached hydrogen (secondary N) is 2. The summed E-state index contributed by atoms with van der Waals surface area (Å²) in [5.74, 6) is -0.720. The molecule has 13 heteroatoms. The molecule has 1 aromatic carbocycles. The van der Waals surface area contributed by atoms with E-state index in [9.17, 15) is 23.2 Å². The number of anilines is 3. The Bertz CT molecular complexity index is 1040. The minimum atomic E-state index is -4.63. The molecule has 0 bridgehead atoms. The lowest BCUT2D eigenvalue weighted by Crippen LogP contribution is -2.32. The molecule has 9 nitrogen and oxygen atoms in total. The van der Waals surface area contributed by atoms with E-state index in [4.69, 9.17) is 10.5 Å². The lowest BCUT2D eigenvalue weighted by molar-refractivity contribution is -0.137. The fourth-order valence-corrected chi connectivity index (χ4v) is 3.13. The van der Waals surface area contributed by atoms with Crippen molar-refractivity contribution in [2.45, 2.75) is 31.6 Å². The maximum atomic E-state index is 13.3. The van der Waals surface area contributed by atoms with Crippen LogP contribution in [0.2, 0.25) is 0 Å². The largest absolute Gasteiger partial charge is 0.492 e. The number of carbonyl (C=O) groups excluding carboxylic acids is 1. The number of hydrogen-bond acceptors (Lipinski definition) is 9. The van der Waals surface area contributed by atoms with Gasteiger partial charge in [-0.05, 0) is 39.4 Å². The van der Waals surface area contributed by atoms with Crippen molar-refractivity contribution in [2.24, 2.45) is 0 Å². The minimum absolute atomic E-state index is 0. The van der Waals surface area contributed by atoms with Gasteiger partial charge in [-0.2, -0.15) is 23.4 Å². The quantitative estimate of drug-likeness (QED) is 0.349. The van der Waals surface area contributed by atoms with E-state index in [0.29, 0.717) is 11.6 Å². The maximum absolute atomic E-state index is 13.3. The van der Waals surface area contributed by atoms with Crippen molar-refractivity contribution in [1.29, 1.82) is 5.26 Å². The molecule has 1 aromatic heterocycles. The van der Waals surface area contributed by atoms with E-state index >= 15 is 0 Å². The second-order valence-corrected chi connectivity index (χ2v) is 7.97. The first-order chi connectivity index (χ1) is 15.4. The van der Waals surface area contributed by atoms with Crippen LogP contribution in [0, 0.1) is 11.3 Å². The van der Waals surface area contributed by atoms with Crippen LogP contribution in [0.25, 0.3) is 0 Å². The highest BCUT2D eigenvalue weighted by atomic mass is 32.2. The van der Waals surface area contributed by atoms with Crippen LogP contribution in [0.5, 0.6) is 5.75 Å². The summed E-state index contributed by atoms with van der Waals surface area (Å²) in [5.41, 5.74) is 4.72. The molecule has 0 unspecified atom stereocenters. The summed E-state index contributed by atoms with van der Waals surface area (Å²) in [5, 5.41) is 14.9. The third-order valence-electron chi connectivity index (χ3n) is 4.25. The zero-order valence-electron chi connectivity index (χ0n) is 18.4. The van der Waals surface area contributed by atoms with Gasteiger partial charge in [0.25, 0.3) is 0 Å². The highest BCUT2D eigenvalue weighted by molar-refractivity contribution is 7.98. The van der Waals surface area contributed by atoms with Crippen LogP contribution < -0.4 is 21.1 Å². The molecule has 34 heavy (non-hydrogen) atoms. The number of alkyl halides is 3. The number of nitrogen functional groups attached to an aromatic ring is 1. The molecule has 0 radical (unpaired) electrons. The third kappa shape index (κ3) is 7.96. The normalized spacial score (nSPS) is 11.9. The molecule has 0 saturated carbocycles. The van der Waals surface area contributed by atoms with Gasteiger partial charge >= 0.3 is 6.18 Å². The molecule has 2 aromatic rings. The minimum Gasteiger partial charge on any atom is -0.492 e. The number of likely N-dealkylation sites (N-methyl/N-ethyl adjacent to an activating group) is 1. The smallest absolute Gasteiger partial charge is 0.416 e. The monoisotopic (exact) mass is 499 g/mol. The van der Waals surface area contributed by atoms with Gasteiger partial charge in [0, 0.05) is 18.3 Å². The number of carbonyl (C=O) groups is 1. The van der Waals surface area contributed by atoms with E-state index in [1.54, 1.807) is 20.4 Å². The van der Waals surface area contributed by atoms with E-state index in [1.807, 2.05) is 11.0 Å². The number of amides is 1. The van der Waals surface area contributed by atoms with Crippen LogP contribution in [0.3, 0.4) is 0 Å². The molecule has 1 amide bonds. The van der Waals surface area contributed by atoms with Crippen molar-refractivity contribution in [3.63, 3.8) is 0 Å². The molecule has 1 atom stereocenters. The lowest BCUT2D eigenvalue weighted by atomic mass is 10.1. The average Bonchev–Trinajstić information content (AvgIpc) is 2.72. The van der Waals surface area contributed by atoms with Crippen LogP contribution >= 0.6 is 11.8 Å². The second-order valence-electron chi connectivity index (χ2n) is 7.18. The van der Waals surface area contributed by atoms with Crippen molar-refractivity contribution in [1.82, 2.24) is 14.9 Å². The van der Waals surface area contributed by atoms with Crippen molar-refractivity contribution in [3.05, 3.63) is 29.3 Å². The van der Waals surface area contributed by atoms with Crippen LogP contribution in [-0.2, 0) is 11.0 Å². The second kappa shape index (κ2) is 12.3. The molecule has 0 aliphatic rings. The highest BCUT2D eigenvalue weighted by Gasteiger charge is 2.32. The number of ether oxygens (including phenoxy) is 1. The molecule has 1 heterocycles. The van der Waals surface area contributed by atoms with E-state index in [1.165, 1.54) is 24.8 Å². The molecule has 0 fully saturated rings. The van der Waals surface area contributed by atoms with Crippen molar-refractivity contribution >= 4 is 35.1 Å². The Kier molecular flexibility index (Phi) is 10.4. The Labute approximate surface area is 200 Å². The summed E-state index contributed by atoms with van der Waals surface area (Å²) in [4.78, 5) is 22.4. The zero-order chi connectivity index (χ0) is 24.8. The number of nitrogens with zero attached hydrogens (tertiary/aromatic N) is 4. The molecule has 0 aliphatic heterocycles. The Morgan fingerprint density at radius 1 is 1.32 bits per heavy atom. The molecule has 0 aliphatic carbocycles. The average molecular weight is 500 g/mol. The Hall–Kier alpha value is -3.24. The topological polar surface area (TPSA) is 129 Å². The van der Waals surface area contributed by atoms with Gasteiger partial charge in [-0.3, -0.25) is 4.79 Å². The van der Waals surface area contributed by atoms with Gasteiger partial charge in [-0.25, -0.2) is 4.98 Å². The van der Waals surface area contributed by atoms with E-state index in [0.717, 1.165) is 12.1 Å². The number of nitrogens with two attached hydrogens (primary N) is 1. The predicted molar refractivity (Wildman–Crippen MR) is 127 cm³/mol. The van der Waals surface area contributed by atoms with E-state index in [2.05, 4.69) is 20.6 Å². The van der Waals surface area contributed by atoms with E-state index < -0.39 is 23.7 Å². The SMILES string of the molecule is C.CSc1nc(N)nc(N[C@@H](C)C(=O)Nc2cc(OCCN(C)C)cc(C(F)(F)F)c2)c1C#N. The van der Waals surface area contributed by atoms with E-state index in [-0.39, 0.29) is 42.8 Å². The van der Waals surface area contributed by atoms with Crippen molar-refractivity contribution in [3.8, 4) is 11.8 Å².